The Hall–Kier alpha value is -2.31. The number of ether oxygens (including phenoxy) is 1. The summed E-state index contributed by atoms with van der Waals surface area (Å²) in [6.07, 6.45) is 0. The van der Waals surface area contributed by atoms with Crippen molar-refractivity contribution >= 4 is 28.9 Å². The van der Waals surface area contributed by atoms with Crippen LogP contribution >= 0.6 is 12.2 Å². The first-order valence-corrected chi connectivity index (χ1v) is 10.3. The van der Waals surface area contributed by atoms with E-state index in [0.29, 0.717) is 6.04 Å². The van der Waals surface area contributed by atoms with Crippen molar-refractivity contribution in [1.29, 1.82) is 0 Å². The van der Waals surface area contributed by atoms with Gasteiger partial charge in [0.25, 0.3) is 0 Å². The molecule has 3 aromatic rings. The van der Waals surface area contributed by atoms with Gasteiger partial charge in [0.2, 0.25) is 0 Å². The van der Waals surface area contributed by atoms with Gasteiger partial charge in [0.1, 0.15) is 5.75 Å². The zero-order valence-electron chi connectivity index (χ0n) is 16.8. The number of rotatable bonds is 5. The van der Waals surface area contributed by atoms with Gasteiger partial charge in [-0.1, -0.05) is 12.1 Å². The molecule has 0 N–H and O–H groups in total. The smallest absolute Gasteiger partial charge is 0.182 e. The second kappa shape index (κ2) is 7.97. The van der Waals surface area contributed by atoms with E-state index >= 15 is 0 Å². The van der Waals surface area contributed by atoms with Crippen molar-refractivity contribution in [1.82, 2.24) is 14.0 Å². The number of methoxy groups -OCH3 is 1. The Kier molecular flexibility index (Phi) is 5.42. The molecule has 1 saturated heterocycles. The van der Waals surface area contributed by atoms with E-state index in [9.17, 15) is 0 Å². The van der Waals surface area contributed by atoms with Crippen molar-refractivity contribution in [3.05, 3.63) is 53.3 Å². The van der Waals surface area contributed by atoms with Crippen LogP contribution < -0.4 is 9.64 Å². The number of nitrogens with zero attached hydrogens (tertiary/aromatic N) is 4. The highest BCUT2D eigenvalue weighted by atomic mass is 32.1. The third-order valence-corrected chi connectivity index (χ3v) is 5.95. The third kappa shape index (κ3) is 3.54. The molecule has 0 saturated carbocycles. The van der Waals surface area contributed by atoms with E-state index in [-0.39, 0.29) is 0 Å². The van der Waals surface area contributed by atoms with Crippen molar-refractivity contribution < 1.29 is 4.74 Å². The Morgan fingerprint density at radius 2 is 1.57 bits per heavy atom. The molecule has 2 heterocycles. The molecule has 0 bridgehead atoms. The molecule has 2 aromatic carbocycles. The topological polar surface area (TPSA) is 25.6 Å². The minimum atomic E-state index is 0.352. The number of imidazole rings is 1. The lowest BCUT2D eigenvalue weighted by Gasteiger charge is -2.36. The normalized spacial score (nSPS) is 15.5. The number of para-hydroxylation sites is 2. The summed E-state index contributed by atoms with van der Waals surface area (Å²) in [5.41, 5.74) is 3.70. The lowest BCUT2D eigenvalue weighted by molar-refractivity contribution is 0.207. The van der Waals surface area contributed by atoms with Gasteiger partial charge in [0.15, 0.2) is 4.77 Å². The predicted molar refractivity (Wildman–Crippen MR) is 118 cm³/mol. The first-order valence-electron chi connectivity index (χ1n) is 9.89. The van der Waals surface area contributed by atoms with E-state index in [1.807, 2.05) is 12.1 Å². The molecule has 5 nitrogen and oxygen atoms in total. The van der Waals surface area contributed by atoms with Crippen LogP contribution in [0, 0.1) is 4.77 Å². The van der Waals surface area contributed by atoms with Crippen LogP contribution in [0.3, 0.4) is 0 Å². The largest absolute Gasteiger partial charge is 0.497 e. The number of piperazine rings is 1. The summed E-state index contributed by atoms with van der Waals surface area (Å²) in [7, 11) is 1.70. The van der Waals surface area contributed by atoms with Crippen LogP contribution in [0.2, 0.25) is 0 Å². The van der Waals surface area contributed by atoms with Gasteiger partial charge in [-0.05, 0) is 62.5 Å². The molecular formula is C22H28N4OS. The minimum absolute atomic E-state index is 0.352. The highest BCUT2D eigenvalue weighted by molar-refractivity contribution is 7.71. The molecule has 1 fully saturated rings. The van der Waals surface area contributed by atoms with Gasteiger partial charge in [-0.15, -0.1) is 0 Å². The van der Waals surface area contributed by atoms with Crippen molar-refractivity contribution in [2.75, 3.05) is 38.2 Å². The van der Waals surface area contributed by atoms with Crippen LogP contribution in [0.15, 0.2) is 48.5 Å². The van der Waals surface area contributed by atoms with Crippen LogP contribution in [-0.4, -0.2) is 47.3 Å². The van der Waals surface area contributed by atoms with Crippen molar-refractivity contribution in [2.24, 2.45) is 0 Å². The summed E-state index contributed by atoms with van der Waals surface area (Å²) in [4.78, 5) is 4.93. The molecule has 6 heteroatoms. The molecule has 4 rings (SSSR count). The maximum Gasteiger partial charge on any atom is 0.182 e. The van der Waals surface area contributed by atoms with Gasteiger partial charge < -0.3 is 18.8 Å². The molecule has 1 aliphatic rings. The lowest BCUT2D eigenvalue weighted by atomic mass is 10.2. The first-order chi connectivity index (χ1) is 13.6. The fraction of sp³-hybridized carbons (Fsp3) is 0.409. The molecule has 0 amide bonds. The molecule has 0 atom stereocenters. The standard InChI is InChI=1S/C22H28N4OS/c1-17(2)26-21-7-5-4-6-20(21)25(22(26)28)16-23-12-14-24(15-13-23)18-8-10-19(27-3)11-9-18/h4-11,17H,12-16H2,1-3H3. The van der Waals surface area contributed by atoms with Gasteiger partial charge in [0, 0.05) is 37.9 Å². The monoisotopic (exact) mass is 396 g/mol. The van der Waals surface area contributed by atoms with E-state index in [1.165, 1.54) is 16.7 Å². The molecule has 0 radical (unpaired) electrons. The van der Waals surface area contributed by atoms with Gasteiger partial charge in [-0.2, -0.15) is 0 Å². The molecule has 1 aromatic heterocycles. The number of anilines is 1. The molecule has 0 unspecified atom stereocenters. The molecule has 148 valence electrons. The number of fused-ring (bicyclic) bond motifs is 1. The fourth-order valence-corrected chi connectivity index (χ4v) is 4.47. The Morgan fingerprint density at radius 1 is 0.929 bits per heavy atom. The Labute approximate surface area is 171 Å². The quantitative estimate of drug-likeness (QED) is 0.591. The number of hydrogen-bond donors (Lipinski definition) is 0. The van der Waals surface area contributed by atoms with Crippen molar-refractivity contribution in [3.63, 3.8) is 0 Å². The van der Waals surface area contributed by atoms with Crippen LogP contribution in [0.25, 0.3) is 11.0 Å². The van der Waals surface area contributed by atoms with Gasteiger partial charge in [0.05, 0.1) is 24.8 Å². The van der Waals surface area contributed by atoms with Gasteiger partial charge in [-0.25, -0.2) is 0 Å². The van der Waals surface area contributed by atoms with Gasteiger partial charge >= 0.3 is 0 Å². The highest BCUT2D eigenvalue weighted by Gasteiger charge is 2.20. The maximum absolute atomic E-state index is 5.84. The second-order valence-corrected chi connectivity index (χ2v) is 7.97. The maximum atomic E-state index is 5.84. The Balaban J connectivity index is 1.49. The van der Waals surface area contributed by atoms with E-state index in [4.69, 9.17) is 17.0 Å². The summed E-state index contributed by atoms with van der Waals surface area (Å²) in [5.74, 6) is 0.901. The number of benzene rings is 2. The molecular weight excluding hydrogens is 368 g/mol. The third-order valence-electron chi connectivity index (χ3n) is 5.54. The van der Waals surface area contributed by atoms with Crippen LogP contribution in [0.5, 0.6) is 5.75 Å². The van der Waals surface area contributed by atoms with Crippen LogP contribution in [-0.2, 0) is 6.67 Å². The van der Waals surface area contributed by atoms with Crippen molar-refractivity contribution in [3.8, 4) is 5.75 Å². The average molecular weight is 397 g/mol. The zero-order chi connectivity index (χ0) is 19.7. The lowest BCUT2D eigenvalue weighted by Crippen LogP contribution is -2.46. The van der Waals surface area contributed by atoms with E-state index in [0.717, 1.165) is 43.4 Å². The number of aromatic nitrogens is 2. The Morgan fingerprint density at radius 3 is 2.18 bits per heavy atom. The summed E-state index contributed by atoms with van der Waals surface area (Å²) in [6, 6.07) is 17.2. The van der Waals surface area contributed by atoms with Crippen LogP contribution in [0.4, 0.5) is 5.69 Å². The highest BCUT2D eigenvalue weighted by Crippen LogP contribution is 2.24. The Bertz CT molecular complexity index is 998. The van der Waals surface area contributed by atoms with Gasteiger partial charge in [-0.3, -0.25) is 4.90 Å². The molecule has 0 spiro atoms. The summed E-state index contributed by atoms with van der Waals surface area (Å²) in [6.45, 7) is 9.31. The minimum Gasteiger partial charge on any atom is -0.497 e. The molecule has 1 aliphatic heterocycles. The fourth-order valence-electron chi connectivity index (χ4n) is 4.01. The van der Waals surface area contributed by atoms with E-state index in [2.05, 4.69) is 69.2 Å². The summed E-state index contributed by atoms with van der Waals surface area (Å²) < 4.78 is 10.7. The zero-order valence-corrected chi connectivity index (χ0v) is 17.7. The average Bonchev–Trinajstić information content (AvgIpc) is 3.00. The summed E-state index contributed by atoms with van der Waals surface area (Å²) >= 11 is 5.84. The number of hydrogen-bond acceptors (Lipinski definition) is 4. The summed E-state index contributed by atoms with van der Waals surface area (Å²) in [5, 5.41) is 0. The SMILES string of the molecule is COc1ccc(N2CCN(Cn3c(=S)n(C(C)C)c4ccccc43)CC2)cc1. The van der Waals surface area contributed by atoms with Crippen LogP contribution in [0.1, 0.15) is 19.9 Å². The molecule has 0 aliphatic carbocycles. The van der Waals surface area contributed by atoms with E-state index < -0.39 is 0 Å². The van der Waals surface area contributed by atoms with Crippen molar-refractivity contribution in [2.45, 2.75) is 26.6 Å². The predicted octanol–water partition coefficient (Wildman–Crippen LogP) is 4.54. The second-order valence-electron chi connectivity index (χ2n) is 7.61. The first kappa shape index (κ1) is 19.0. The van der Waals surface area contributed by atoms with E-state index in [1.54, 1.807) is 7.11 Å². The molecule has 28 heavy (non-hydrogen) atoms.